The molecule has 86 valence electrons. The van der Waals surface area contributed by atoms with Crippen LogP contribution in [0.3, 0.4) is 0 Å². The second-order valence-electron chi connectivity index (χ2n) is 3.91. The third kappa shape index (κ3) is 8.44. The molecule has 0 spiro atoms. The lowest BCUT2D eigenvalue weighted by atomic mass is 10.0. The third-order valence-corrected chi connectivity index (χ3v) is 2.29. The molecule has 0 aromatic carbocycles. The smallest absolute Gasteiger partial charge is 0.0542 e. The molecule has 2 atom stereocenters. The molecule has 0 saturated heterocycles. The Bertz CT molecular complexity index is 131. The SMILES string of the molecule is CCCC(O)CCC(O)CCC(N)N. The van der Waals surface area contributed by atoms with Crippen molar-refractivity contribution in [2.75, 3.05) is 0 Å². The molecule has 4 heteroatoms. The minimum atomic E-state index is -0.379. The van der Waals surface area contributed by atoms with Crippen LogP contribution in [0.15, 0.2) is 0 Å². The van der Waals surface area contributed by atoms with E-state index in [0.717, 1.165) is 12.8 Å². The van der Waals surface area contributed by atoms with Crippen LogP contribution in [0.1, 0.15) is 45.4 Å². The minimum absolute atomic E-state index is 0.277. The van der Waals surface area contributed by atoms with Crippen LogP contribution in [0.25, 0.3) is 0 Å². The van der Waals surface area contributed by atoms with Gasteiger partial charge in [0, 0.05) is 0 Å². The topological polar surface area (TPSA) is 92.5 Å². The number of aliphatic hydroxyl groups excluding tert-OH is 2. The fourth-order valence-electron chi connectivity index (χ4n) is 1.39. The molecule has 2 unspecified atom stereocenters. The molecule has 0 radical (unpaired) electrons. The fourth-order valence-corrected chi connectivity index (χ4v) is 1.39. The number of hydrogen-bond acceptors (Lipinski definition) is 4. The Kier molecular flexibility index (Phi) is 8.08. The van der Waals surface area contributed by atoms with Gasteiger partial charge in [-0.15, -0.1) is 0 Å². The summed E-state index contributed by atoms with van der Waals surface area (Å²) in [4.78, 5) is 0. The first-order valence-electron chi connectivity index (χ1n) is 5.43. The molecule has 0 fully saturated rings. The van der Waals surface area contributed by atoms with Gasteiger partial charge < -0.3 is 21.7 Å². The maximum atomic E-state index is 9.49. The van der Waals surface area contributed by atoms with Crippen LogP contribution < -0.4 is 11.5 Å². The molecule has 0 amide bonds. The molecule has 4 nitrogen and oxygen atoms in total. The van der Waals surface area contributed by atoms with Gasteiger partial charge in [-0.25, -0.2) is 0 Å². The highest BCUT2D eigenvalue weighted by atomic mass is 16.3. The van der Waals surface area contributed by atoms with Crippen LogP contribution in [0.5, 0.6) is 0 Å². The van der Waals surface area contributed by atoms with Crippen molar-refractivity contribution in [2.24, 2.45) is 11.5 Å². The molecule has 0 saturated carbocycles. The van der Waals surface area contributed by atoms with Crippen LogP contribution in [0, 0.1) is 0 Å². The van der Waals surface area contributed by atoms with Crippen LogP contribution in [-0.4, -0.2) is 28.6 Å². The highest BCUT2D eigenvalue weighted by molar-refractivity contribution is 4.63. The normalized spacial score (nSPS) is 15.9. The summed E-state index contributed by atoms with van der Waals surface area (Å²) in [5.41, 5.74) is 10.7. The number of hydrogen-bond donors (Lipinski definition) is 4. The van der Waals surface area contributed by atoms with Crippen molar-refractivity contribution in [1.82, 2.24) is 0 Å². The molecule has 6 N–H and O–H groups in total. The first-order chi connectivity index (χ1) is 6.56. The van der Waals surface area contributed by atoms with E-state index < -0.39 is 0 Å². The zero-order valence-electron chi connectivity index (χ0n) is 9.02. The van der Waals surface area contributed by atoms with Crippen LogP contribution in [0.2, 0.25) is 0 Å². The van der Waals surface area contributed by atoms with E-state index >= 15 is 0 Å². The average Bonchev–Trinajstić information content (AvgIpc) is 2.12. The Morgan fingerprint density at radius 1 is 0.857 bits per heavy atom. The van der Waals surface area contributed by atoms with Gasteiger partial charge in [0.05, 0.1) is 18.4 Å². The van der Waals surface area contributed by atoms with Gasteiger partial charge in [0.2, 0.25) is 0 Å². The average molecular weight is 204 g/mol. The third-order valence-electron chi connectivity index (χ3n) is 2.29. The molecule has 0 aliphatic carbocycles. The predicted molar refractivity (Wildman–Crippen MR) is 57.6 cm³/mol. The van der Waals surface area contributed by atoms with Gasteiger partial charge in [-0.05, 0) is 32.1 Å². The molecular weight excluding hydrogens is 180 g/mol. The quantitative estimate of drug-likeness (QED) is 0.428. The van der Waals surface area contributed by atoms with Gasteiger partial charge in [0.25, 0.3) is 0 Å². The van der Waals surface area contributed by atoms with Gasteiger partial charge in [-0.3, -0.25) is 0 Å². The molecule has 0 bridgehead atoms. The highest BCUT2D eigenvalue weighted by Crippen LogP contribution is 2.10. The summed E-state index contributed by atoms with van der Waals surface area (Å²) in [6, 6.07) is 0. The van der Waals surface area contributed by atoms with Gasteiger partial charge in [-0.1, -0.05) is 13.3 Å². The summed E-state index contributed by atoms with van der Waals surface area (Å²) in [6.45, 7) is 2.03. The maximum absolute atomic E-state index is 9.49. The summed E-state index contributed by atoms with van der Waals surface area (Å²) in [6.07, 6.45) is 3.33. The Morgan fingerprint density at radius 3 is 1.71 bits per heavy atom. The van der Waals surface area contributed by atoms with E-state index in [9.17, 15) is 10.2 Å². The van der Waals surface area contributed by atoms with Crippen molar-refractivity contribution < 1.29 is 10.2 Å². The Hall–Kier alpha value is -0.160. The lowest BCUT2D eigenvalue weighted by molar-refractivity contribution is 0.102. The zero-order chi connectivity index (χ0) is 11.0. The van der Waals surface area contributed by atoms with Gasteiger partial charge in [-0.2, -0.15) is 0 Å². The van der Waals surface area contributed by atoms with Crippen molar-refractivity contribution in [3.8, 4) is 0 Å². The molecular formula is C10H24N2O2. The second-order valence-corrected chi connectivity index (χ2v) is 3.91. The van der Waals surface area contributed by atoms with Crippen molar-refractivity contribution in [2.45, 2.75) is 63.8 Å². The predicted octanol–water partition coefficient (Wildman–Crippen LogP) is 0.312. The van der Waals surface area contributed by atoms with Gasteiger partial charge in [0.15, 0.2) is 0 Å². The van der Waals surface area contributed by atoms with Gasteiger partial charge >= 0.3 is 0 Å². The van der Waals surface area contributed by atoms with Crippen molar-refractivity contribution >= 4 is 0 Å². The Labute approximate surface area is 86.3 Å². The van der Waals surface area contributed by atoms with E-state index in [1.165, 1.54) is 0 Å². The summed E-state index contributed by atoms with van der Waals surface area (Å²) in [5, 5.41) is 18.9. The first kappa shape index (κ1) is 13.8. The summed E-state index contributed by atoms with van der Waals surface area (Å²) in [5.74, 6) is 0. The maximum Gasteiger partial charge on any atom is 0.0542 e. The highest BCUT2D eigenvalue weighted by Gasteiger charge is 2.09. The van der Waals surface area contributed by atoms with Crippen molar-refractivity contribution in [3.05, 3.63) is 0 Å². The van der Waals surface area contributed by atoms with E-state index in [-0.39, 0.29) is 18.4 Å². The summed E-state index contributed by atoms with van der Waals surface area (Å²) < 4.78 is 0. The summed E-state index contributed by atoms with van der Waals surface area (Å²) in [7, 11) is 0. The zero-order valence-corrected chi connectivity index (χ0v) is 9.02. The molecule has 0 rings (SSSR count). The second kappa shape index (κ2) is 8.17. The number of rotatable bonds is 8. The number of nitrogens with two attached hydrogens (primary N) is 2. The molecule has 0 aliphatic rings. The monoisotopic (exact) mass is 204 g/mol. The molecule has 0 aromatic heterocycles. The van der Waals surface area contributed by atoms with Crippen LogP contribution in [-0.2, 0) is 0 Å². The largest absolute Gasteiger partial charge is 0.393 e. The fraction of sp³-hybridized carbons (Fsp3) is 1.00. The lowest BCUT2D eigenvalue weighted by Gasteiger charge is -2.14. The first-order valence-corrected chi connectivity index (χ1v) is 5.43. The summed E-state index contributed by atoms with van der Waals surface area (Å²) >= 11 is 0. The lowest BCUT2D eigenvalue weighted by Crippen LogP contribution is -2.31. The minimum Gasteiger partial charge on any atom is -0.393 e. The molecule has 0 heterocycles. The Morgan fingerprint density at radius 2 is 1.29 bits per heavy atom. The Balaban J connectivity index is 3.38. The number of aliphatic hydroxyl groups is 2. The van der Waals surface area contributed by atoms with Gasteiger partial charge in [0.1, 0.15) is 0 Å². The van der Waals surface area contributed by atoms with E-state index in [1.54, 1.807) is 0 Å². The molecule has 0 aliphatic heterocycles. The molecule has 0 aromatic rings. The van der Waals surface area contributed by atoms with Crippen molar-refractivity contribution in [3.63, 3.8) is 0 Å². The van der Waals surface area contributed by atoms with Crippen LogP contribution >= 0.6 is 0 Å². The molecule has 14 heavy (non-hydrogen) atoms. The van der Waals surface area contributed by atoms with E-state index in [2.05, 4.69) is 0 Å². The van der Waals surface area contributed by atoms with E-state index in [1.807, 2.05) is 6.92 Å². The van der Waals surface area contributed by atoms with Crippen molar-refractivity contribution in [1.29, 1.82) is 0 Å². The van der Waals surface area contributed by atoms with E-state index in [4.69, 9.17) is 11.5 Å². The standard InChI is InChI=1S/C10H24N2O2/c1-2-3-8(13)4-5-9(14)6-7-10(11)12/h8-10,13-14H,2-7,11-12H2,1H3. The van der Waals surface area contributed by atoms with E-state index in [0.29, 0.717) is 25.7 Å². The van der Waals surface area contributed by atoms with Crippen LogP contribution in [0.4, 0.5) is 0 Å².